The van der Waals surface area contributed by atoms with E-state index in [0.29, 0.717) is 0 Å². The molecule has 0 aromatic heterocycles. The number of hydrogen-bond acceptors (Lipinski definition) is 3. The van der Waals surface area contributed by atoms with Crippen LogP contribution in [0.15, 0.2) is 18.2 Å². The number of ether oxygens (including phenoxy) is 1. The number of hydrogen-bond donors (Lipinski definition) is 1. The molecule has 86 valence electrons. The van der Waals surface area contributed by atoms with E-state index in [-0.39, 0.29) is 6.04 Å². The maximum absolute atomic E-state index is 6.10. The minimum atomic E-state index is 0.246. The van der Waals surface area contributed by atoms with E-state index in [4.69, 9.17) is 10.5 Å². The second kappa shape index (κ2) is 4.07. The monoisotopic (exact) mass is 218 g/mol. The summed E-state index contributed by atoms with van der Waals surface area (Å²) >= 11 is 0. The molecule has 1 aromatic carbocycles. The van der Waals surface area contributed by atoms with Crippen molar-refractivity contribution < 1.29 is 4.74 Å². The highest BCUT2D eigenvalue weighted by Gasteiger charge is 2.24. The number of anilines is 1. The van der Waals surface area contributed by atoms with E-state index < -0.39 is 0 Å². The first-order chi connectivity index (χ1) is 7.86. The lowest BCUT2D eigenvalue weighted by Crippen LogP contribution is -2.36. The van der Waals surface area contributed by atoms with Crippen LogP contribution in [0.1, 0.15) is 23.6 Å². The van der Waals surface area contributed by atoms with E-state index >= 15 is 0 Å². The molecule has 0 unspecified atom stereocenters. The predicted octanol–water partition coefficient (Wildman–Crippen LogP) is 1.47. The molecule has 2 aliphatic rings. The van der Waals surface area contributed by atoms with Crippen LogP contribution in [0.3, 0.4) is 0 Å². The molecular weight excluding hydrogens is 200 g/mol. The number of fused-ring (bicyclic) bond motifs is 1. The van der Waals surface area contributed by atoms with Crippen molar-refractivity contribution in [2.24, 2.45) is 5.73 Å². The SMILES string of the molecule is N[C@H]1CCc2c1cccc2N1CCOCC1. The van der Waals surface area contributed by atoms with Crippen molar-refractivity contribution in [3.05, 3.63) is 29.3 Å². The number of morpholine rings is 1. The summed E-state index contributed by atoms with van der Waals surface area (Å²) in [6, 6.07) is 6.78. The second-order valence-electron chi connectivity index (χ2n) is 4.59. The number of nitrogens with two attached hydrogens (primary N) is 1. The van der Waals surface area contributed by atoms with Gasteiger partial charge >= 0.3 is 0 Å². The van der Waals surface area contributed by atoms with Crippen LogP contribution in [0.5, 0.6) is 0 Å². The molecular formula is C13H18N2O. The summed E-state index contributed by atoms with van der Waals surface area (Å²) in [5.74, 6) is 0. The molecule has 0 spiro atoms. The largest absolute Gasteiger partial charge is 0.378 e. The van der Waals surface area contributed by atoms with Gasteiger partial charge in [0.2, 0.25) is 0 Å². The quantitative estimate of drug-likeness (QED) is 0.775. The first-order valence-electron chi connectivity index (χ1n) is 6.06. The zero-order valence-corrected chi connectivity index (χ0v) is 9.48. The molecule has 16 heavy (non-hydrogen) atoms. The molecule has 0 bridgehead atoms. The molecule has 2 N–H and O–H groups in total. The lowest BCUT2D eigenvalue weighted by Gasteiger charge is -2.30. The summed E-state index contributed by atoms with van der Waals surface area (Å²) < 4.78 is 5.40. The molecule has 1 aliphatic carbocycles. The van der Waals surface area contributed by atoms with E-state index in [1.54, 1.807) is 0 Å². The summed E-state index contributed by atoms with van der Waals surface area (Å²) in [5, 5.41) is 0. The van der Waals surface area contributed by atoms with Crippen LogP contribution in [0.25, 0.3) is 0 Å². The lowest BCUT2D eigenvalue weighted by atomic mass is 10.1. The van der Waals surface area contributed by atoms with Crippen molar-refractivity contribution in [2.75, 3.05) is 31.2 Å². The Hall–Kier alpha value is -1.06. The topological polar surface area (TPSA) is 38.5 Å². The molecule has 0 amide bonds. The Morgan fingerprint density at radius 3 is 2.88 bits per heavy atom. The predicted molar refractivity (Wildman–Crippen MR) is 64.7 cm³/mol. The molecule has 3 nitrogen and oxygen atoms in total. The normalized spacial score (nSPS) is 24.6. The van der Waals surface area contributed by atoms with Gasteiger partial charge in [0.25, 0.3) is 0 Å². The van der Waals surface area contributed by atoms with E-state index in [2.05, 4.69) is 23.1 Å². The summed E-state index contributed by atoms with van der Waals surface area (Å²) in [4.78, 5) is 2.43. The fourth-order valence-electron chi connectivity index (χ4n) is 2.77. The van der Waals surface area contributed by atoms with Crippen LogP contribution in [0.4, 0.5) is 5.69 Å². The van der Waals surface area contributed by atoms with Crippen LogP contribution >= 0.6 is 0 Å². The molecule has 0 radical (unpaired) electrons. The molecule has 3 heteroatoms. The highest BCUT2D eigenvalue weighted by Crippen LogP contribution is 2.36. The Balaban J connectivity index is 1.95. The Morgan fingerprint density at radius 2 is 2.06 bits per heavy atom. The molecule has 0 saturated carbocycles. The summed E-state index contributed by atoms with van der Waals surface area (Å²) in [6.45, 7) is 3.70. The van der Waals surface area contributed by atoms with Crippen molar-refractivity contribution in [3.63, 3.8) is 0 Å². The average molecular weight is 218 g/mol. The smallest absolute Gasteiger partial charge is 0.0642 e. The summed E-state index contributed by atoms with van der Waals surface area (Å²) in [7, 11) is 0. The standard InChI is InChI=1S/C13H18N2O/c14-12-5-4-11-10(12)2-1-3-13(11)15-6-8-16-9-7-15/h1-3,12H,4-9,14H2/t12-/m0/s1. The van der Waals surface area contributed by atoms with E-state index in [9.17, 15) is 0 Å². The molecule has 3 rings (SSSR count). The van der Waals surface area contributed by atoms with Gasteiger partial charge in [-0.2, -0.15) is 0 Å². The van der Waals surface area contributed by atoms with E-state index in [1.165, 1.54) is 16.8 Å². The van der Waals surface area contributed by atoms with Crippen LogP contribution in [-0.4, -0.2) is 26.3 Å². The van der Waals surface area contributed by atoms with E-state index in [1.807, 2.05) is 0 Å². The number of rotatable bonds is 1. The van der Waals surface area contributed by atoms with Crippen LogP contribution < -0.4 is 10.6 Å². The van der Waals surface area contributed by atoms with Crippen molar-refractivity contribution in [2.45, 2.75) is 18.9 Å². The van der Waals surface area contributed by atoms with Crippen molar-refractivity contribution in [1.82, 2.24) is 0 Å². The average Bonchev–Trinajstić information content (AvgIpc) is 2.73. The van der Waals surface area contributed by atoms with Crippen molar-refractivity contribution >= 4 is 5.69 Å². The Morgan fingerprint density at radius 1 is 1.25 bits per heavy atom. The molecule has 1 saturated heterocycles. The summed E-state index contributed by atoms with van der Waals surface area (Å²) in [5.41, 5.74) is 10.3. The van der Waals surface area contributed by atoms with Gasteiger partial charge in [-0.3, -0.25) is 0 Å². The molecule has 1 atom stereocenters. The van der Waals surface area contributed by atoms with E-state index in [0.717, 1.165) is 39.1 Å². The van der Waals surface area contributed by atoms with Gasteiger partial charge in [-0.05, 0) is 30.0 Å². The Kier molecular flexibility index (Phi) is 2.58. The van der Waals surface area contributed by atoms with Gasteiger partial charge in [-0.1, -0.05) is 12.1 Å². The van der Waals surface area contributed by atoms with Gasteiger partial charge in [0.1, 0.15) is 0 Å². The van der Waals surface area contributed by atoms with Gasteiger partial charge in [-0.25, -0.2) is 0 Å². The zero-order chi connectivity index (χ0) is 11.0. The van der Waals surface area contributed by atoms with Gasteiger partial charge in [0, 0.05) is 24.8 Å². The molecule has 1 aromatic rings. The van der Waals surface area contributed by atoms with Crippen molar-refractivity contribution in [1.29, 1.82) is 0 Å². The van der Waals surface area contributed by atoms with Crippen LogP contribution in [0, 0.1) is 0 Å². The highest BCUT2D eigenvalue weighted by molar-refractivity contribution is 5.59. The fraction of sp³-hybridized carbons (Fsp3) is 0.538. The van der Waals surface area contributed by atoms with Gasteiger partial charge < -0.3 is 15.4 Å². The van der Waals surface area contributed by atoms with Gasteiger partial charge in [-0.15, -0.1) is 0 Å². The highest BCUT2D eigenvalue weighted by atomic mass is 16.5. The summed E-state index contributed by atoms with van der Waals surface area (Å²) in [6.07, 6.45) is 2.22. The minimum absolute atomic E-state index is 0.246. The third kappa shape index (κ3) is 1.60. The molecule has 1 aliphatic heterocycles. The first-order valence-corrected chi connectivity index (χ1v) is 6.06. The maximum atomic E-state index is 6.10. The van der Waals surface area contributed by atoms with Gasteiger partial charge in [0.15, 0.2) is 0 Å². The Bertz CT molecular complexity index is 386. The minimum Gasteiger partial charge on any atom is -0.378 e. The number of nitrogens with zero attached hydrogens (tertiary/aromatic N) is 1. The third-order valence-corrected chi connectivity index (χ3v) is 3.64. The van der Waals surface area contributed by atoms with Crippen LogP contribution in [0.2, 0.25) is 0 Å². The number of benzene rings is 1. The third-order valence-electron chi connectivity index (χ3n) is 3.64. The molecule has 1 fully saturated rings. The van der Waals surface area contributed by atoms with Gasteiger partial charge in [0.05, 0.1) is 13.2 Å². The van der Waals surface area contributed by atoms with Crippen molar-refractivity contribution in [3.8, 4) is 0 Å². The lowest BCUT2D eigenvalue weighted by molar-refractivity contribution is 0.122. The fourth-order valence-corrected chi connectivity index (χ4v) is 2.77. The van der Waals surface area contributed by atoms with Crippen LogP contribution in [-0.2, 0) is 11.2 Å². The maximum Gasteiger partial charge on any atom is 0.0642 e. The molecule has 1 heterocycles. The Labute approximate surface area is 96.2 Å². The first kappa shape index (κ1) is 10.1. The zero-order valence-electron chi connectivity index (χ0n) is 9.48. The second-order valence-corrected chi connectivity index (χ2v) is 4.59.